The second-order valence-corrected chi connectivity index (χ2v) is 3.16. The first-order valence-corrected chi connectivity index (χ1v) is 4.82. The van der Waals surface area contributed by atoms with E-state index in [0.29, 0.717) is 29.3 Å². The molecule has 0 saturated carbocycles. The van der Waals surface area contributed by atoms with Gasteiger partial charge in [0.1, 0.15) is 0 Å². The molecular weight excluding hydrogens is 208 g/mol. The Labute approximate surface area is 93.6 Å². The fourth-order valence-corrected chi connectivity index (χ4v) is 1.20. The van der Waals surface area contributed by atoms with Gasteiger partial charge in [0.25, 0.3) is 0 Å². The lowest BCUT2D eigenvalue weighted by molar-refractivity contribution is -0.132. The van der Waals surface area contributed by atoms with E-state index in [0.717, 1.165) is 0 Å². The minimum Gasteiger partial charge on any atom is -0.480 e. The molecule has 1 heterocycles. The topological polar surface area (TPSA) is 85.4 Å². The molecule has 0 radical (unpaired) electrons. The third kappa shape index (κ3) is 2.73. The van der Waals surface area contributed by atoms with Crippen LogP contribution in [0.2, 0.25) is 0 Å². The van der Waals surface area contributed by atoms with Gasteiger partial charge in [-0.3, -0.25) is 0 Å². The molecule has 0 atom stereocenters. The molecule has 5 nitrogen and oxygen atoms in total. The van der Waals surface area contributed by atoms with Crippen molar-refractivity contribution in [3.8, 4) is 5.88 Å². The van der Waals surface area contributed by atoms with Gasteiger partial charge in [-0.05, 0) is 24.6 Å². The highest BCUT2D eigenvalue weighted by molar-refractivity contribution is 5.91. The normalized spacial score (nSPS) is 11.2. The van der Waals surface area contributed by atoms with Crippen LogP contribution in [0, 0.1) is 0 Å². The Bertz CT molecular complexity index is 427. The molecule has 1 aromatic heterocycles. The third-order valence-corrected chi connectivity index (χ3v) is 2.08. The first kappa shape index (κ1) is 12.0. The summed E-state index contributed by atoms with van der Waals surface area (Å²) in [6, 6.07) is 3.28. The standard InChI is InChI=1S/C11H14N2O3/c1-3-7(11(14)15)6-8-4-5-9(12)10(13-8)16-2/h4-6H,3,12H2,1-2H3,(H,14,15)/b7-6+. The van der Waals surface area contributed by atoms with E-state index >= 15 is 0 Å². The number of aliphatic carboxylic acids is 1. The zero-order valence-electron chi connectivity index (χ0n) is 9.23. The quantitative estimate of drug-likeness (QED) is 0.755. The SMILES string of the molecule is CC/C(=C\c1ccc(N)c(OC)n1)C(=O)O. The number of hydrogen-bond donors (Lipinski definition) is 2. The number of anilines is 1. The van der Waals surface area contributed by atoms with Gasteiger partial charge in [-0.2, -0.15) is 0 Å². The van der Waals surface area contributed by atoms with Crippen molar-refractivity contribution in [2.45, 2.75) is 13.3 Å². The minimum atomic E-state index is -0.944. The van der Waals surface area contributed by atoms with Crippen LogP contribution in [0.1, 0.15) is 19.0 Å². The van der Waals surface area contributed by atoms with Gasteiger partial charge in [-0.1, -0.05) is 6.92 Å². The van der Waals surface area contributed by atoms with Crippen LogP contribution in [0.4, 0.5) is 5.69 Å². The fraction of sp³-hybridized carbons (Fsp3) is 0.273. The number of carbonyl (C=O) groups is 1. The Morgan fingerprint density at radius 1 is 1.62 bits per heavy atom. The molecule has 0 aliphatic carbocycles. The van der Waals surface area contributed by atoms with Gasteiger partial charge in [-0.15, -0.1) is 0 Å². The summed E-state index contributed by atoms with van der Waals surface area (Å²) in [5, 5.41) is 8.86. The number of rotatable bonds is 4. The largest absolute Gasteiger partial charge is 0.480 e. The van der Waals surface area contributed by atoms with E-state index in [9.17, 15) is 4.79 Å². The van der Waals surface area contributed by atoms with Crippen LogP contribution in [0.5, 0.6) is 5.88 Å². The van der Waals surface area contributed by atoms with E-state index in [1.54, 1.807) is 19.1 Å². The number of methoxy groups -OCH3 is 1. The van der Waals surface area contributed by atoms with Gasteiger partial charge in [0, 0.05) is 5.57 Å². The zero-order chi connectivity index (χ0) is 12.1. The van der Waals surface area contributed by atoms with E-state index in [4.69, 9.17) is 15.6 Å². The molecule has 0 bridgehead atoms. The summed E-state index contributed by atoms with van der Waals surface area (Å²) in [4.78, 5) is 14.9. The molecule has 1 aromatic rings. The first-order chi connectivity index (χ1) is 7.58. The van der Waals surface area contributed by atoms with Crippen LogP contribution < -0.4 is 10.5 Å². The van der Waals surface area contributed by atoms with Crippen molar-refractivity contribution in [1.82, 2.24) is 4.98 Å². The lowest BCUT2D eigenvalue weighted by atomic mass is 10.1. The number of carboxylic acids is 1. The summed E-state index contributed by atoms with van der Waals surface area (Å²) in [7, 11) is 1.46. The van der Waals surface area contributed by atoms with Crippen LogP contribution in [-0.4, -0.2) is 23.2 Å². The number of nitrogen functional groups attached to an aromatic ring is 1. The van der Waals surface area contributed by atoms with Crippen molar-refractivity contribution in [2.75, 3.05) is 12.8 Å². The number of nitrogens with two attached hydrogens (primary N) is 1. The molecule has 0 aromatic carbocycles. The molecule has 0 unspecified atom stereocenters. The van der Waals surface area contributed by atoms with E-state index in [2.05, 4.69) is 4.98 Å². The van der Waals surface area contributed by atoms with Crippen LogP contribution in [0.25, 0.3) is 6.08 Å². The second-order valence-electron chi connectivity index (χ2n) is 3.16. The monoisotopic (exact) mass is 222 g/mol. The number of ether oxygens (including phenoxy) is 1. The average molecular weight is 222 g/mol. The molecule has 0 saturated heterocycles. The Hall–Kier alpha value is -2.04. The molecule has 0 fully saturated rings. The van der Waals surface area contributed by atoms with E-state index in [1.165, 1.54) is 13.2 Å². The second kappa shape index (κ2) is 5.16. The summed E-state index contributed by atoms with van der Waals surface area (Å²) in [5.74, 6) is -0.644. The van der Waals surface area contributed by atoms with Gasteiger partial charge in [-0.25, -0.2) is 9.78 Å². The smallest absolute Gasteiger partial charge is 0.331 e. The highest BCUT2D eigenvalue weighted by Crippen LogP contribution is 2.19. The summed E-state index contributed by atoms with van der Waals surface area (Å²) in [6.07, 6.45) is 1.94. The zero-order valence-corrected chi connectivity index (χ0v) is 9.23. The van der Waals surface area contributed by atoms with Crippen molar-refractivity contribution in [1.29, 1.82) is 0 Å². The minimum absolute atomic E-state index is 0.291. The van der Waals surface area contributed by atoms with Gasteiger partial charge < -0.3 is 15.6 Å². The van der Waals surface area contributed by atoms with Gasteiger partial charge >= 0.3 is 5.97 Å². The number of hydrogen-bond acceptors (Lipinski definition) is 4. The number of carboxylic acid groups (broad SMARTS) is 1. The maximum Gasteiger partial charge on any atom is 0.331 e. The molecule has 0 amide bonds. The van der Waals surface area contributed by atoms with Gasteiger partial charge in [0.2, 0.25) is 5.88 Å². The fourth-order valence-electron chi connectivity index (χ4n) is 1.20. The van der Waals surface area contributed by atoms with Crippen LogP contribution >= 0.6 is 0 Å². The summed E-state index contributed by atoms with van der Waals surface area (Å²) >= 11 is 0. The molecule has 16 heavy (non-hydrogen) atoms. The number of pyridine rings is 1. The maximum atomic E-state index is 10.8. The first-order valence-electron chi connectivity index (χ1n) is 4.82. The highest BCUT2D eigenvalue weighted by atomic mass is 16.5. The molecule has 3 N–H and O–H groups in total. The van der Waals surface area contributed by atoms with Crippen molar-refractivity contribution in [3.63, 3.8) is 0 Å². The molecule has 0 aliphatic rings. The predicted octanol–water partition coefficient (Wildman–Crippen LogP) is 1.55. The van der Waals surface area contributed by atoms with Crippen molar-refractivity contribution >= 4 is 17.7 Å². The van der Waals surface area contributed by atoms with E-state index in [1.807, 2.05) is 0 Å². The van der Waals surface area contributed by atoms with Crippen LogP contribution in [0.3, 0.4) is 0 Å². The Balaban J connectivity index is 3.10. The van der Waals surface area contributed by atoms with Crippen molar-refractivity contribution in [2.24, 2.45) is 0 Å². The average Bonchev–Trinajstić information content (AvgIpc) is 2.27. The summed E-state index contributed by atoms with van der Waals surface area (Å²) < 4.78 is 4.95. The maximum absolute atomic E-state index is 10.8. The number of nitrogens with zero attached hydrogens (tertiary/aromatic N) is 1. The third-order valence-electron chi connectivity index (χ3n) is 2.08. The molecular formula is C11H14N2O3. The number of aromatic nitrogens is 1. The Morgan fingerprint density at radius 3 is 2.81 bits per heavy atom. The Morgan fingerprint density at radius 2 is 2.31 bits per heavy atom. The Kier molecular flexibility index (Phi) is 3.88. The molecule has 0 spiro atoms. The van der Waals surface area contributed by atoms with Gasteiger partial charge in [0.05, 0.1) is 18.5 Å². The predicted molar refractivity (Wildman–Crippen MR) is 61.1 cm³/mol. The van der Waals surface area contributed by atoms with Crippen molar-refractivity contribution in [3.05, 3.63) is 23.4 Å². The van der Waals surface area contributed by atoms with Crippen molar-refractivity contribution < 1.29 is 14.6 Å². The lowest BCUT2D eigenvalue weighted by Crippen LogP contribution is -2.00. The molecule has 5 heteroatoms. The molecule has 86 valence electrons. The van der Waals surface area contributed by atoms with Crippen LogP contribution in [-0.2, 0) is 4.79 Å². The highest BCUT2D eigenvalue weighted by Gasteiger charge is 2.06. The summed E-state index contributed by atoms with van der Waals surface area (Å²) in [5.41, 5.74) is 6.83. The van der Waals surface area contributed by atoms with Crippen LogP contribution in [0.15, 0.2) is 17.7 Å². The van der Waals surface area contributed by atoms with Gasteiger partial charge in [0.15, 0.2) is 0 Å². The lowest BCUT2D eigenvalue weighted by Gasteiger charge is -2.04. The molecule has 0 aliphatic heterocycles. The van der Waals surface area contributed by atoms with E-state index < -0.39 is 5.97 Å². The molecule has 1 rings (SSSR count). The van der Waals surface area contributed by atoms with E-state index in [-0.39, 0.29) is 0 Å². The summed E-state index contributed by atoms with van der Waals surface area (Å²) in [6.45, 7) is 1.77.